The minimum absolute atomic E-state index is 0.0153. The van der Waals surface area contributed by atoms with Crippen LogP contribution in [0.2, 0.25) is 0 Å². The summed E-state index contributed by atoms with van der Waals surface area (Å²) in [6.45, 7) is 17.8. The van der Waals surface area contributed by atoms with Crippen LogP contribution in [0.25, 0.3) is 0 Å². The summed E-state index contributed by atoms with van der Waals surface area (Å²) in [7, 11) is 0. The summed E-state index contributed by atoms with van der Waals surface area (Å²) in [6, 6.07) is -2.39. The van der Waals surface area contributed by atoms with E-state index >= 15 is 0 Å². The van der Waals surface area contributed by atoms with Gasteiger partial charge in [0.2, 0.25) is 11.5 Å². The lowest BCUT2D eigenvalue weighted by atomic mass is 9.98. The summed E-state index contributed by atoms with van der Waals surface area (Å²) in [4.78, 5) is 88.1. The van der Waals surface area contributed by atoms with Gasteiger partial charge in [0.15, 0.2) is 10.8 Å². The van der Waals surface area contributed by atoms with Crippen LogP contribution in [0, 0.1) is 0 Å². The molecule has 1 aliphatic carbocycles. The zero-order chi connectivity index (χ0) is 42.5. The molecule has 2 aliphatic rings. The van der Waals surface area contributed by atoms with Gasteiger partial charge in [-0.3, -0.25) is 19.8 Å². The quantitative estimate of drug-likeness (QED) is 0.0568. The van der Waals surface area contributed by atoms with Gasteiger partial charge in [-0.05, 0) is 75.7 Å². The zero-order valence-electron chi connectivity index (χ0n) is 33.8. The topological polar surface area (TPSA) is 267 Å². The maximum Gasteiger partial charge on any atom is 0.413 e. The average Bonchev–Trinajstić information content (AvgIpc) is 3.47. The number of aromatic nitrogens is 4. The molecule has 57 heavy (non-hydrogen) atoms. The Bertz CT molecular complexity index is 1850. The van der Waals surface area contributed by atoms with Crippen LogP contribution in [0.5, 0.6) is 0 Å². The molecule has 1 saturated heterocycles. The summed E-state index contributed by atoms with van der Waals surface area (Å²) < 4.78 is 16.2. The van der Waals surface area contributed by atoms with Crippen molar-refractivity contribution in [3.8, 4) is 0 Å². The molecular formula is C35H52N10O11S. The van der Waals surface area contributed by atoms with Crippen molar-refractivity contribution in [2.24, 2.45) is 5.16 Å². The molecule has 5 amide bonds. The van der Waals surface area contributed by atoms with E-state index in [9.17, 15) is 33.9 Å². The minimum atomic E-state index is -1.59. The van der Waals surface area contributed by atoms with Gasteiger partial charge in [0.1, 0.15) is 34.2 Å². The molecule has 0 aromatic carbocycles. The number of nitrogens with one attached hydrogen (secondary N) is 4. The number of anilines is 1. The summed E-state index contributed by atoms with van der Waals surface area (Å²) in [5, 5.41) is 34.2. The van der Waals surface area contributed by atoms with Crippen LogP contribution < -0.4 is 21.3 Å². The minimum Gasteiger partial charge on any atom is -0.478 e. The second kappa shape index (κ2) is 17.3. The Kier molecular flexibility index (Phi) is 13.4. The van der Waals surface area contributed by atoms with E-state index in [0.717, 1.165) is 11.3 Å². The Morgan fingerprint density at radius 2 is 1.67 bits per heavy atom. The van der Waals surface area contributed by atoms with Crippen LogP contribution in [0.15, 0.2) is 16.7 Å². The third kappa shape index (κ3) is 13.0. The van der Waals surface area contributed by atoms with Gasteiger partial charge in [-0.2, -0.15) is 15.0 Å². The van der Waals surface area contributed by atoms with Crippen molar-refractivity contribution >= 4 is 58.2 Å². The SMILES string of the molecule is C[C@@H](c1cnn(C[C@@H]2NC(=O)[C@H]2NC(=O)C(=NOC2(C(=O)O)CC2)c2csc(NC(=O)OC(C)(C)C)n2)n1)N(CCCNC(=O)OC(C)(C)C)C(=O)OC(C)(C)C. The Hall–Kier alpha value is -5.54. The number of carboxylic acids is 1. The number of ether oxygens (including phenoxy) is 3. The molecule has 0 unspecified atom stereocenters. The maximum absolute atomic E-state index is 13.6. The second-order valence-electron chi connectivity index (χ2n) is 16.5. The summed E-state index contributed by atoms with van der Waals surface area (Å²) >= 11 is 0.956. The van der Waals surface area contributed by atoms with E-state index in [1.165, 1.54) is 21.3 Å². The molecule has 5 N–H and O–H groups in total. The number of thiazole rings is 1. The molecule has 1 aliphatic heterocycles. The lowest BCUT2D eigenvalue weighted by molar-refractivity contribution is -0.153. The Morgan fingerprint density at radius 1 is 1.04 bits per heavy atom. The fourth-order valence-corrected chi connectivity index (χ4v) is 5.72. The number of oxime groups is 1. The van der Waals surface area contributed by atoms with Crippen molar-refractivity contribution in [1.82, 2.24) is 40.8 Å². The molecule has 4 rings (SSSR count). The number of β-lactam (4-membered cyclic amide) rings is 1. The first-order chi connectivity index (χ1) is 26.3. The lowest BCUT2D eigenvalue weighted by Crippen LogP contribution is -2.70. The third-order valence-corrected chi connectivity index (χ3v) is 8.71. The van der Waals surface area contributed by atoms with E-state index in [1.54, 1.807) is 69.2 Å². The molecule has 1 saturated carbocycles. The molecular weight excluding hydrogens is 769 g/mol. The Labute approximate surface area is 333 Å². The van der Waals surface area contributed by atoms with Crippen molar-refractivity contribution in [2.75, 3.05) is 18.4 Å². The molecule has 0 bridgehead atoms. The highest BCUT2D eigenvalue weighted by Crippen LogP contribution is 2.40. The first-order valence-electron chi connectivity index (χ1n) is 18.3. The number of alkyl carbamates (subject to hydrolysis) is 1. The molecule has 314 valence electrons. The van der Waals surface area contributed by atoms with Crippen LogP contribution in [0.3, 0.4) is 0 Å². The zero-order valence-corrected chi connectivity index (χ0v) is 34.6. The van der Waals surface area contributed by atoms with Crippen molar-refractivity contribution in [2.45, 2.75) is 136 Å². The predicted octanol–water partition coefficient (Wildman–Crippen LogP) is 3.32. The highest BCUT2D eigenvalue weighted by molar-refractivity contribution is 7.14. The largest absolute Gasteiger partial charge is 0.478 e. The van der Waals surface area contributed by atoms with Gasteiger partial charge in [0, 0.05) is 31.3 Å². The van der Waals surface area contributed by atoms with Gasteiger partial charge in [-0.15, -0.1) is 11.3 Å². The molecule has 22 heteroatoms. The standard InChI is InChI=1S/C35H52N10O11S/c1-19(44(31(52)55-34(8,9)10)15-11-14-36-29(50)53-32(2,3)4)20-16-37-45(42-20)17-21-23(25(46)38-21)40-26(47)24(43-56-35(12-13-35)27(48)49)22-18-57-28(39-22)41-30(51)54-33(5,6)7/h16,18-19,21,23H,11-15,17H2,1-10H3,(H,36,50)(H,38,46)(H,40,47)(H,48,49)(H,39,41,51)/t19-,21-,23-/m0/s1. The number of carboxylic acid groups (broad SMARTS) is 1. The van der Waals surface area contributed by atoms with Gasteiger partial charge < -0.3 is 40.1 Å². The van der Waals surface area contributed by atoms with E-state index in [1.807, 2.05) is 0 Å². The molecule has 2 fully saturated rings. The summed E-state index contributed by atoms with van der Waals surface area (Å²) in [5.41, 5.74) is -3.89. The van der Waals surface area contributed by atoms with Crippen LogP contribution in [-0.4, -0.2) is 119 Å². The highest BCUT2D eigenvalue weighted by Gasteiger charge is 2.55. The van der Waals surface area contributed by atoms with E-state index in [4.69, 9.17) is 19.0 Å². The average molecular weight is 821 g/mol. The predicted molar refractivity (Wildman–Crippen MR) is 203 cm³/mol. The number of aliphatic carboxylic acids is 1. The first-order valence-corrected chi connectivity index (χ1v) is 19.2. The number of hydrogen-bond donors (Lipinski definition) is 5. The number of carbonyl (C=O) groups excluding carboxylic acids is 5. The lowest BCUT2D eigenvalue weighted by Gasteiger charge is -2.36. The molecule has 2 aromatic rings. The Balaban J connectivity index is 1.44. The number of hydrogen-bond acceptors (Lipinski definition) is 15. The fraction of sp³-hybridized carbons (Fsp3) is 0.657. The van der Waals surface area contributed by atoms with Crippen LogP contribution in [0.1, 0.15) is 106 Å². The normalized spacial score (nSPS) is 18.2. The first kappa shape index (κ1) is 44.2. The molecule has 0 radical (unpaired) electrons. The summed E-state index contributed by atoms with van der Waals surface area (Å²) in [6.07, 6.45) is 0.242. The van der Waals surface area contributed by atoms with Gasteiger partial charge in [0.25, 0.3) is 5.91 Å². The summed E-state index contributed by atoms with van der Waals surface area (Å²) in [5.74, 6) is -2.66. The maximum atomic E-state index is 13.6. The van der Waals surface area contributed by atoms with Crippen LogP contribution in [0.4, 0.5) is 19.5 Å². The van der Waals surface area contributed by atoms with Crippen LogP contribution in [-0.2, 0) is 40.0 Å². The Morgan fingerprint density at radius 3 is 2.25 bits per heavy atom. The highest BCUT2D eigenvalue weighted by atomic mass is 32.1. The van der Waals surface area contributed by atoms with Crippen LogP contribution >= 0.6 is 11.3 Å². The van der Waals surface area contributed by atoms with E-state index in [0.29, 0.717) is 12.1 Å². The van der Waals surface area contributed by atoms with Crippen molar-refractivity contribution < 1.29 is 52.9 Å². The van der Waals surface area contributed by atoms with E-state index in [-0.39, 0.29) is 43.3 Å². The third-order valence-electron chi connectivity index (χ3n) is 7.96. The van der Waals surface area contributed by atoms with Crippen molar-refractivity contribution in [3.05, 3.63) is 23.0 Å². The molecule has 3 atom stereocenters. The smallest absolute Gasteiger partial charge is 0.413 e. The number of amides is 5. The molecule has 21 nitrogen and oxygen atoms in total. The fourth-order valence-electron chi connectivity index (χ4n) is 5.04. The van der Waals surface area contributed by atoms with Gasteiger partial charge >= 0.3 is 24.2 Å². The molecule has 2 aromatic heterocycles. The monoisotopic (exact) mass is 820 g/mol. The molecule has 0 spiro atoms. The second-order valence-corrected chi connectivity index (χ2v) is 17.4. The number of rotatable bonds is 15. The number of carbonyl (C=O) groups is 6. The molecule has 3 heterocycles. The van der Waals surface area contributed by atoms with Gasteiger partial charge in [0.05, 0.1) is 24.8 Å². The van der Waals surface area contributed by atoms with E-state index in [2.05, 4.69) is 41.6 Å². The van der Waals surface area contributed by atoms with Gasteiger partial charge in [-0.1, -0.05) is 5.16 Å². The van der Waals surface area contributed by atoms with Crippen molar-refractivity contribution in [1.29, 1.82) is 0 Å². The van der Waals surface area contributed by atoms with Gasteiger partial charge in [-0.25, -0.2) is 24.2 Å². The van der Waals surface area contributed by atoms with E-state index < -0.39 is 82.3 Å². The van der Waals surface area contributed by atoms with Crippen molar-refractivity contribution in [3.63, 3.8) is 0 Å². The number of nitrogens with zero attached hydrogens (tertiary/aromatic N) is 6.